The van der Waals surface area contributed by atoms with E-state index in [2.05, 4.69) is 5.32 Å². The molecule has 1 saturated heterocycles. The molecule has 1 fully saturated rings. The second-order valence-electron chi connectivity index (χ2n) is 4.69. The van der Waals surface area contributed by atoms with Crippen molar-refractivity contribution in [3.63, 3.8) is 0 Å². The molecule has 2 N–H and O–H groups in total. The Bertz CT molecular complexity index is 271. The summed E-state index contributed by atoms with van der Waals surface area (Å²) in [4.78, 5) is 24.2. The molecular weight excluding hydrogens is 220 g/mol. The molecule has 1 aliphatic heterocycles. The lowest BCUT2D eigenvalue weighted by atomic mass is 9.92. The number of amides is 2. The van der Waals surface area contributed by atoms with Crippen LogP contribution in [0.5, 0.6) is 0 Å². The molecule has 5 nitrogen and oxygen atoms in total. The molecule has 0 aromatic carbocycles. The lowest BCUT2D eigenvalue weighted by Gasteiger charge is -2.33. The molecule has 1 atom stereocenters. The van der Waals surface area contributed by atoms with Gasteiger partial charge in [0.2, 0.25) is 11.8 Å². The Morgan fingerprint density at radius 2 is 2.00 bits per heavy atom. The SMILES string of the molecule is CC(=O)NCCC(=O)N1CCC(C(C)O)CC1. The van der Waals surface area contributed by atoms with Gasteiger partial charge in [0.15, 0.2) is 0 Å². The van der Waals surface area contributed by atoms with Crippen LogP contribution < -0.4 is 5.32 Å². The van der Waals surface area contributed by atoms with Crippen LogP contribution in [0.3, 0.4) is 0 Å². The molecule has 1 aliphatic rings. The summed E-state index contributed by atoms with van der Waals surface area (Å²) in [5.74, 6) is 0.294. The highest BCUT2D eigenvalue weighted by molar-refractivity contribution is 5.78. The van der Waals surface area contributed by atoms with Crippen LogP contribution in [0.2, 0.25) is 0 Å². The predicted octanol–water partition coefficient (Wildman–Crippen LogP) is 0.132. The third kappa shape index (κ3) is 4.73. The van der Waals surface area contributed by atoms with Gasteiger partial charge in [0.1, 0.15) is 0 Å². The van der Waals surface area contributed by atoms with Gasteiger partial charge < -0.3 is 15.3 Å². The third-order valence-corrected chi connectivity index (χ3v) is 3.29. The molecule has 0 aliphatic carbocycles. The molecule has 1 rings (SSSR count). The van der Waals surface area contributed by atoms with E-state index in [0.717, 1.165) is 12.8 Å². The van der Waals surface area contributed by atoms with Gasteiger partial charge in [-0.3, -0.25) is 9.59 Å². The maximum atomic E-state index is 11.8. The molecule has 0 saturated carbocycles. The van der Waals surface area contributed by atoms with Crippen LogP contribution in [0.25, 0.3) is 0 Å². The van der Waals surface area contributed by atoms with E-state index in [0.29, 0.717) is 32.0 Å². The highest BCUT2D eigenvalue weighted by atomic mass is 16.3. The molecule has 0 aromatic heterocycles. The van der Waals surface area contributed by atoms with E-state index in [-0.39, 0.29) is 17.9 Å². The van der Waals surface area contributed by atoms with Gasteiger partial charge in [0, 0.05) is 33.0 Å². The number of carbonyl (C=O) groups is 2. The smallest absolute Gasteiger partial charge is 0.224 e. The summed E-state index contributed by atoms with van der Waals surface area (Å²) in [7, 11) is 0. The van der Waals surface area contributed by atoms with Crippen LogP contribution in [-0.2, 0) is 9.59 Å². The largest absolute Gasteiger partial charge is 0.393 e. The molecule has 1 heterocycles. The van der Waals surface area contributed by atoms with Crippen LogP contribution >= 0.6 is 0 Å². The summed E-state index contributed by atoms with van der Waals surface area (Å²) in [6, 6.07) is 0. The number of likely N-dealkylation sites (tertiary alicyclic amines) is 1. The van der Waals surface area contributed by atoms with Gasteiger partial charge in [-0.1, -0.05) is 0 Å². The fourth-order valence-electron chi connectivity index (χ4n) is 2.13. The summed E-state index contributed by atoms with van der Waals surface area (Å²) in [6.45, 7) is 5.09. The number of hydrogen-bond acceptors (Lipinski definition) is 3. The zero-order chi connectivity index (χ0) is 12.8. The number of rotatable bonds is 4. The van der Waals surface area contributed by atoms with Crippen molar-refractivity contribution in [1.82, 2.24) is 10.2 Å². The molecular formula is C12H22N2O3. The van der Waals surface area contributed by atoms with Gasteiger partial charge in [-0.05, 0) is 25.7 Å². The first kappa shape index (κ1) is 14.0. The minimum Gasteiger partial charge on any atom is -0.393 e. The molecule has 2 amide bonds. The van der Waals surface area contributed by atoms with Crippen LogP contribution in [-0.4, -0.2) is 47.6 Å². The number of carbonyl (C=O) groups excluding carboxylic acids is 2. The summed E-state index contributed by atoms with van der Waals surface area (Å²) >= 11 is 0. The molecule has 0 bridgehead atoms. The van der Waals surface area contributed by atoms with E-state index in [9.17, 15) is 14.7 Å². The molecule has 1 unspecified atom stereocenters. The van der Waals surface area contributed by atoms with Crippen molar-refractivity contribution in [2.75, 3.05) is 19.6 Å². The normalized spacial score (nSPS) is 18.9. The first-order valence-corrected chi connectivity index (χ1v) is 6.21. The summed E-state index contributed by atoms with van der Waals surface area (Å²) in [6.07, 6.45) is 1.80. The summed E-state index contributed by atoms with van der Waals surface area (Å²) in [5, 5.41) is 12.1. The Hall–Kier alpha value is -1.10. The fourth-order valence-corrected chi connectivity index (χ4v) is 2.13. The van der Waals surface area contributed by atoms with Crippen molar-refractivity contribution < 1.29 is 14.7 Å². The Balaban J connectivity index is 2.24. The predicted molar refractivity (Wildman–Crippen MR) is 64.3 cm³/mol. The minimum atomic E-state index is -0.286. The zero-order valence-electron chi connectivity index (χ0n) is 10.6. The van der Waals surface area contributed by atoms with Gasteiger partial charge in [-0.2, -0.15) is 0 Å². The van der Waals surface area contributed by atoms with Gasteiger partial charge in [0.25, 0.3) is 0 Å². The van der Waals surface area contributed by atoms with Crippen LogP contribution in [0.4, 0.5) is 0 Å². The van der Waals surface area contributed by atoms with E-state index in [1.807, 2.05) is 4.90 Å². The maximum Gasteiger partial charge on any atom is 0.224 e. The lowest BCUT2D eigenvalue weighted by molar-refractivity contribution is -0.133. The van der Waals surface area contributed by atoms with Crippen LogP contribution in [0, 0.1) is 5.92 Å². The fraction of sp³-hybridized carbons (Fsp3) is 0.833. The van der Waals surface area contributed by atoms with Gasteiger partial charge in [-0.25, -0.2) is 0 Å². The van der Waals surface area contributed by atoms with Crippen molar-refractivity contribution in [1.29, 1.82) is 0 Å². The monoisotopic (exact) mass is 242 g/mol. The number of hydrogen-bond donors (Lipinski definition) is 2. The third-order valence-electron chi connectivity index (χ3n) is 3.29. The molecule has 98 valence electrons. The Morgan fingerprint density at radius 3 is 2.47 bits per heavy atom. The molecule has 17 heavy (non-hydrogen) atoms. The van der Waals surface area contributed by atoms with Gasteiger partial charge in [0.05, 0.1) is 6.10 Å². The average Bonchev–Trinajstić information content (AvgIpc) is 2.28. The highest BCUT2D eigenvalue weighted by Gasteiger charge is 2.24. The number of nitrogens with one attached hydrogen (secondary N) is 1. The van der Waals surface area contributed by atoms with E-state index < -0.39 is 0 Å². The Labute approximate surface area is 102 Å². The molecule has 0 aromatic rings. The van der Waals surface area contributed by atoms with Crippen molar-refractivity contribution in [2.24, 2.45) is 5.92 Å². The molecule has 0 spiro atoms. The van der Waals surface area contributed by atoms with Crippen molar-refractivity contribution in [3.8, 4) is 0 Å². The number of aliphatic hydroxyl groups is 1. The molecule has 5 heteroatoms. The second-order valence-corrected chi connectivity index (χ2v) is 4.69. The van der Waals surface area contributed by atoms with Crippen molar-refractivity contribution in [3.05, 3.63) is 0 Å². The van der Waals surface area contributed by atoms with Crippen molar-refractivity contribution >= 4 is 11.8 Å². The first-order valence-electron chi connectivity index (χ1n) is 6.21. The van der Waals surface area contributed by atoms with E-state index in [4.69, 9.17) is 0 Å². The number of nitrogens with zero attached hydrogens (tertiary/aromatic N) is 1. The summed E-state index contributed by atoms with van der Waals surface area (Å²) < 4.78 is 0. The van der Waals surface area contributed by atoms with Crippen molar-refractivity contribution in [2.45, 2.75) is 39.2 Å². The number of piperidine rings is 1. The second kappa shape index (κ2) is 6.59. The van der Waals surface area contributed by atoms with E-state index in [1.54, 1.807) is 6.92 Å². The average molecular weight is 242 g/mol. The van der Waals surface area contributed by atoms with Gasteiger partial charge >= 0.3 is 0 Å². The van der Waals surface area contributed by atoms with Gasteiger partial charge in [-0.15, -0.1) is 0 Å². The number of aliphatic hydroxyl groups excluding tert-OH is 1. The lowest BCUT2D eigenvalue weighted by Crippen LogP contribution is -2.41. The Morgan fingerprint density at radius 1 is 1.41 bits per heavy atom. The van der Waals surface area contributed by atoms with E-state index in [1.165, 1.54) is 6.92 Å². The summed E-state index contributed by atoms with van der Waals surface area (Å²) in [5.41, 5.74) is 0. The minimum absolute atomic E-state index is 0.0859. The molecule has 0 radical (unpaired) electrons. The standard InChI is InChI=1S/C12H22N2O3/c1-9(15)11-4-7-14(8-5-11)12(17)3-6-13-10(2)16/h9,11,15H,3-8H2,1-2H3,(H,13,16). The zero-order valence-corrected chi connectivity index (χ0v) is 10.6. The van der Waals surface area contributed by atoms with Crippen LogP contribution in [0.1, 0.15) is 33.1 Å². The van der Waals surface area contributed by atoms with E-state index >= 15 is 0 Å². The van der Waals surface area contributed by atoms with Crippen LogP contribution in [0.15, 0.2) is 0 Å². The Kier molecular flexibility index (Phi) is 5.41. The highest BCUT2D eigenvalue weighted by Crippen LogP contribution is 2.20. The topological polar surface area (TPSA) is 69.6 Å². The first-order chi connectivity index (χ1) is 8.00. The quantitative estimate of drug-likeness (QED) is 0.736. The maximum absolute atomic E-state index is 11.8.